The molecule has 0 aromatic carbocycles. The van der Waals surface area contributed by atoms with Crippen LogP contribution in [0.2, 0.25) is 0 Å². The summed E-state index contributed by atoms with van der Waals surface area (Å²) in [5.41, 5.74) is 2.89. The Labute approximate surface area is 96.2 Å². The Bertz CT molecular complexity index is 403. The zero-order valence-corrected chi connectivity index (χ0v) is 9.65. The second kappa shape index (κ2) is 3.33. The molecule has 2 aliphatic heterocycles. The van der Waals surface area contributed by atoms with Gasteiger partial charge in [0.2, 0.25) is 0 Å². The summed E-state index contributed by atoms with van der Waals surface area (Å²) in [6.07, 6.45) is 11.6. The van der Waals surface area contributed by atoms with Crippen molar-refractivity contribution in [3.63, 3.8) is 0 Å². The highest BCUT2D eigenvalue weighted by molar-refractivity contribution is 5.28. The van der Waals surface area contributed by atoms with Crippen LogP contribution in [0.3, 0.4) is 0 Å². The predicted octanol–water partition coefficient (Wildman–Crippen LogP) is 2.35. The lowest BCUT2D eigenvalue weighted by Gasteiger charge is -2.19. The van der Waals surface area contributed by atoms with Crippen LogP contribution in [-0.4, -0.2) is 15.8 Å². The van der Waals surface area contributed by atoms with Crippen LogP contribution in [0.5, 0.6) is 0 Å². The van der Waals surface area contributed by atoms with E-state index in [2.05, 4.69) is 16.2 Å². The zero-order valence-electron chi connectivity index (χ0n) is 9.65. The van der Waals surface area contributed by atoms with E-state index in [4.69, 9.17) is 5.10 Å². The average molecular weight is 217 g/mol. The van der Waals surface area contributed by atoms with Gasteiger partial charge in [-0.05, 0) is 25.7 Å². The average Bonchev–Trinajstić information content (AvgIpc) is 2.98. The van der Waals surface area contributed by atoms with Gasteiger partial charge in [-0.25, -0.2) is 0 Å². The Kier molecular flexibility index (Phi) is 1.92. The van der Waals surface area contributed by atoms with Gasteiger partial charge >= 0.3 is 0 Å². The molecule has 1 aromatic heterocycles. The summed E-state index contributed by atoms with van der Waals surface area (Å²) in [4.78, 5) is 0. The second-order valence-corrected chi connectivity index (χ2v) is 5.65. The molecule has 2 atom stereocenters. The van der Waals surface area contributed by atoms with Crippen LogP contribution in [0.15, 0.2) is 6.20 Å². The molecule has 2 bridgehead atoms. The van der Waals surface area contributed by atoms with Crippen molar-refractivity contribution in [2.45, 2.75) is 63.1 Å². The number of fused-ring (bicyclic) bond motifs is 4. The molecule has 1 saturated carbocycles. The highest BCUT2D eigenvalue weighted by atomic mass is 15.3. The number of nitrogens with zero attached hydrogens (tertiary/aromatic N) is 2. The van der Waals surface area contributed by atoms with Crippen molar-refractivity contribution in [3.8, 4) is 0 Å². The molecule has 3 aliphatic rings. The summed E-state index contributed by atoms with van der Waals surface area (Å²) in [5.74, 6) is 0. The smallest absolute Gasteiger partial charge is 0.0688 e. The van der Waals surface area contributed by atoms with Gasteiger partial charge in [0.05, 0.1) is 11.7 Å². The highest BCUT2D eigenvalue weighted by Crippen LogP contribution is 2.37. The first-order chi connectivity index (χ1) is 7.90. The van der Waals surface area contributed by atoms with Gasteiger partial charge in [-0.15, -0.1) is 0 Å². The van der Waals surface area contributed by atoms with E-state index in [-0.39, 0.29) is 0 Å². The first-order valence-electron chi connectivity index (χ1n) is 6.74. The zero-order chi connectivity index (χ0) is 10.5. The topological polar surface area (TPSA) is 29.9 Å². The van der Waals surface area contributed by atoms with Crippen molar-refractivity contribution in [1.82, 2.24) is 15.1 Å². The van der Waals surface area contributed by atoms with Crippen molar-refractivity contribution in [3.05, 3.63) is 17.5 Å². The van der Waals surface area contributed by atoms with Crippen LogP contribution in [0.25, 0.3) is 0 Å². The lowest BCUT2D eigenvalue weighted by Crippen LogP contribution is -2.31. The van der Waals surface area contributed by atoms with Crippen molar-refractivity contribution in [1.29, 1.82) is 0 Å². The Morgan fingerprint density at radius 3 is 2.94 bits per heavy atom. The third-order valence-corrected chi connectivity index (χ3v) is 4.60. The Hall–Kier alpha value is -0.830. The maximum atomic E-state index is 4.85. The van der Waals surface area contributed by atoms with Gasteiger partial charge in [-0.1, -0.05) is 12.8 Å². The van der Waals surface area contributed by atoms with Crippen LogP contribution < -0.4 is 5.32 Å². The molecule has 3 heterocycles. The molecule has 0 amide bonds. The molecule has 0 spiro atoms. The molecule has 1 aliphatic carbocycles. The summed E-state index contributed by atoms with van der Waals surface area (Å²) >= 11 is 0. The Morgan fingerprint density at radius 1 is 1.19 bits per heavy atom. The van der Waals surface area contributed by atoms with E-state index >= 15 is 0 Å². The monoisotopic (exact) mass is 217 g/mol. The number of hydrogen-bond donors (Lipinski definition) is 1. The molecule has 4 rings (SSSR count). The van der Waals surface area contributed by atoms with E-state index in [1.165, 1.54) is 49.8 Å². The third kappa shape index (κ3) is 1.27. The van der Waals surface area contributed by atoms with Crippen LogP contribution >= 0.6 is 0 Å². The fourth-order valence-electron chi connectivity index (χ4n) is 3.71. The Morgan fingerprint density at radius 2 is 2.06 bits per heavy atom. The summed E-state index contributed by atoms with van der Waals surface area (Å²) < 4.78 is 2.28. The van der Waals surface area contributed by atoms with Gasteiger partial charge in [0.25, 0.3) is 0 Å². The molecular weight excluding hydrogens is 198 g/mol. The molecule has 3 nitrogen and oxygen atoms in total. The summed E-state index contributed by atoms with van der Waals surface area (Å²) in [6.45, 7) is 0. The number of nitrogens with one attached hydrogen (secondary N) is 1. The standard InChI is InChI=1S/C13H19N3/c1-2-4-10(3-1)16-8-11-12-6-5-9(14-12)7-13(11)15-16/h8-10,12,14H,1-7H2/t9-,12+/m0/s1. The van der Waals surface area contributed by atoms with Gasteiger partial charge < -0.3 is 5.32 Å². The van der Waals surface area contributed by atoms with Crippen molar-refractivity contribution >= 4 is 0 Å². The molecule has 1 N–H and O–H groups in total. The van der Waals surface area contributed by atoms with Crippen LogP contribution in [0.4, 0.5) is 0 Å². The van der Waals surface area contributed by atoms with Gasteiger partial charge in [0.1, 0.15) is 0 Å². The normalized spacial score (nSPS) is 33.2. The van der Waals surface area contributed by atoms with E-state index in [0.717, 1.165) is 6.42 Å². The van der Waals surface area contributed by atoms with Gasteiger partial charge in [-0.2, -0.15) is 5.10 Å². The van der Waals surface area contributed by atoms with Crippen molar-refractivity contribution in [2.75, 3.05) is 0 Å². The second-order valence-electron chi connectivity index (χ2n) is 5.65. The van der Waals surface area contributed by atoms with Crippen LogP contribution in [0, 0.1) is 0 Å². The van der Waals surface area contributed by atoms with Crippen molar-refractivity contribution in [2.24, 2.45) is 0 Å². The number of rotatable bonds is 1. The fourth-order valence-corrected chi connectivity index (χ4v) is 3.71. The molecule has 86 valence electrons. The number of aromatic nitrogens is 2. The maximum absolute atomic E-state index is 4.85. The van der Waals surface area contributed by atoms with E-state index in [0.29, 0.717) is 18.1 Å². The van der Waals surface area contributed by atoms with Crippen molar-refractivity contribution < 1.29 is 0 Å². The Balaban J connectivity index is 1.69. The van der Waals surface area contributed by atoms with Crippen LogP contribution in [-0.2, 0) is 6.42 Å². The third-order valence-electron chi connectivity index (χ3n) is 4.60. The van der Waals surface area contributed by atoms with Crippen LogP contribution in [0.1, 0.15) is 61.9 Å². The lowest BCUT2D eigenvalue weighted by molar-refractivity contribution is 0.459. The molecule has 1 aromatic rings. The van der Waals surface area contributed by atoms with E-state index in [1.807, 2.05) is 0 Å². The lowest BCUT2D eigenvalue weighted by atomic mass is 10.0. The fraction of sp³-hybridized carbons (Fsp3) is 0.769. The predicted molar refractivity (Wildman–Crippen MR) is 62.3 cm³/mol. The molecule has 2 fully saturated rings. The molecule has 1 saturated heterocycles. The largest absolute Gasteiger partial charge is 0.307 e. The molecule has 0 radical (unpaired) electrons. The van der Waals surface area contributed by atoms with Gasteiger partial charge in [0, 0.05) is 30.3 Å². The molecule has 3 heteroatoms. The first kappa shape index (κ1) is 9.23. The minimum atomic E-state index is 0.615. The van der Waals surface area contributed by atoms with E-state index < -0.39 is 0 Å². The minimum absolute atomic E-state index is 0.615. The van der Waals surface area contributed by atoms with E-state index in [1.54, 1.807) is 0 Å². The summed E-state index contributed by atoms with van der Waals surface area (Å²) in [7, 11) is 0. The quantitative estimate of drug-likeness (QED) is 0.782. The molecular formula is C13H19N3. The minimum Gasteiger partial charge on any atom is -0.307 e. The van der Waals surface area contributed by atoms with Gasteiger partial charge in [0.15, 0.2) is 0 Å². The van der Waals surface area contributed by atoms with E-state index in [9.17, 15) is 0 Å². The maximum Gasteiger partial charge on any atom is 0.0688 e. The summed E-state index contributed by atoms with van der Waals surface area (Å²) in [5, 5.41) is 8.55. The number of hydrogen-bond acceptors (Lipinski definition) is 2. The first-order valence-corrected chi connectivity index (χ1v) is 6.74. The molecule has 0 unspecified atom stereocenters. The summed E-state index contributed by atoms with van der Waals surface area (Å²) in [6, 6.07) is 2.03. The highest BCUT2D eigenvalue weighted by Gasteiger charge is 2.34. The SMILES string of the molecule is c1c2c(nn1C1CCCC1)C[C@@H]1CC[C@H]2N1. The molecule has 16 heavy (non-hydrogen) atoms. The van der Waals surface area contributed by atoms with Gasteiger partial charge in [-0.3, -0.25) is 4.68 Å².